The van der Waals surface area contributed by atoms with E-state index < -0.39 is 28.9 Å². The number of amides is 2. The zero-order valence-corrected chi connectivity index (χ0v) is 13.6. The summed E-state index contributed by atoms with van der Waals surface area (Å²) in [4.78, 5) is 24.7. The third-order valence-electron chi connectivity index (χ3n) is 3.62. The highest BCUT2D eigenvalue weighted by atomic mass is 19.2. The van der Waals surface area contributed by atoms with Crippen molar-refractivity contribution in [2.75, 3.05) is 10.6 Å². The van der Waals surface area contributed by atoms with Crippen LogP contribution in [0.5, 0.6) is 0 Å². The highest BCUT2D eigenvalue weighted by Crippen LogP contribution is 2.22. The molecule has 0 aliphatic rings. The van der Waals surface area contributed by atoms with Gasteiger partial charge in [-0.1, -0.05) is 17.7 Å². The summed E-state index contributed by atoms with van der Waals surface area (Å²) in [7, 11) is 0. The lowest BCUT2D eigenvalue weighted by atomic mass is 9.90. The molecule has 2 rings (SSSR count). The first-order chi connectivity index (χ1) is 11.2. The van der Waals surface area contributed by atoms with Gasteiger partial charge in [-0.2, -0.15) is 0 Å². The maximum atomic E-state index is 13.2. The molecule has 0 saturated heterocycles. The highest BCUT2D eigenvalue weighted by molar-refractivity contribution is 6.13. The molecule has 4 nitrogen and oxygen atoms in total. The lowest BCUT2D eigenvalue weighted by Gasteiger charge is -2.22. The smallest absolute Gasteiger partial charge is 0.239 e. The summed E-state index contributed by atoms with van der Waals surface area (Å²) in [6.07, 6.45) is 0. The van der Waals surface area contributed by atoms with Crippen LogP contribution in [-0.4, -0.2) is 11.8 Å². The van der Waals surface area contributed by atoms with Crippen molar-refractivity contribution in [2.24, 2.45) is 5.41 Å². The molecule has 0 spiro atoms. The summed E-state index contributed by atoms with van der Waals surface area (Å²) >= 11 is 0. The normalized spacial score (nSPS) is 11.0. The molecule has 2 aromatic carbocycles. The van der Waals surface area contributed by atoms with Crippen molar-refractivity contribution in [1.29, 1.82) is 0 Å². The summed E-state index contributed by atoms with van der Waals surface area (Å²) in [6.45, 7) is 4.82. The minimum atomic E-state index is -1.41. The van der Waals surface area contributed by atoms with Crippen molar-refractivity contribution in [3.8, 4) is 0 Å². The molecule has 0 saturated carbocycles. The molecule has 0 radical (unpaired) electrons. The zero-order chi connectivity index (χ0) is 17.9. The molecule has 0 fully saturated rings. The Balaban J connectivity index is 2.09. The third-order valence-corrected chi connectivity index (χ3v) is 3.62. The topological polar surface area (TPSA) is 58.2 Å². The number of nitrogens with one attached hydrogen (secondary N) is 2. The summed E-state index contributed by atoms with van der Waals surface area (Å²) in [5.74, 6) is -3.22. The van der Waals surface area contributed by atoms with Crippen molar-refractivity contribution >= 4 is 23.2 Å². The number of carbonyl (C=O) groups is 2. The fourth-order valence-corrected chi connectivity index (χ4v) is 1.89. The van der Waals surface area contributed by atoms with Crippen LogP contribution in [0.25, 0.3) is 0 Å². The van der Waals surface area contributed by atoms with Crippen LogP contribution in [0.15, 0.2) is 42.5 Å². The summed E-state index contributed by atoms with van der Waals surface area (Å²) in [5, 5.41) is 5.08. The molecule has 0 aromatic heterocycles. The van der Waals surface area contributed by atoms with Crippen LogP contribution in [0, 0.1) is 24.0 Å². The third kappa shape index (κ3) is 3.95. The Hall–Kier alpha value is -2.76. The molecule has 0 aliphatic carbocycles. The number of hydrogen-bond donors (Lipinski definition) is 2. The standard InChI is InChI=1S/C18H18F2N2O2/c1-11-4-6-12(7-5-11)21-16(23)18(2,3)17(24)22-13-8-9-14(19)15(20)10-13/h4-10H,1-3H3,(H,21,23)(H,22,24). The van der Waals surface area contributed by atoms with E-state index in [1.807, 2.05) is 19.1 Å². The monoisotopic (exact) mass is 332 g/mol. The van der Waals surface area contributed by atoms with E-state index in [-0.39, 0.29) is 5.69 Å². The molecule has 6 heteroatoms. The molecule has 0 aliphatic heterocycles. The van der Waals surface area contributed by atoms with Gasteiger partial charge in [0.2, 0.25) is 11.8 Å². The minimum Gasteiger partial charge on any atom is -0.325 e. The Morgan fingerprint density at radius 3 is 1.88 bits per heavy atom. The molecule has 0 unspecified atom stereocenters. The Morgan fingerprint density at radius 2 is 1.33 bits per heavy atom. The molecule has 24 heavy (non-hydrogen) atoms. The predicted octanol–water partition coefficient (Wildman–Crippen LogP) is 3.88. The first-order valence-electron chi connectivity index (χ1n) is 7.35. The fourth-order valence-electron chi connectivity index (χ4n) is 1.89. The van der Waals surface area contributed by atoms with Gasteiger partial charge in [-0.05, 0) is 45.0 Å². The number of rotatable bonds is 4. The molecule has 0 heterocycles. The average molecular weight is 332 g/mol. The molecule has 126 valence electrons. The first-order valence-corrected chi connectivity index (χ1v) is 7.35. The van der Waals surface area contributed by atoms with Gasteiger partial charge in [0.15, 0.2) is 11.6 Å². The van der Waals surface area contributed by atoms with Crippen molar-refractivity contribution in [2.45, 2.75) is 20.8 Å². The maximum Gasteiger partial charge on any atom is 0.239 e. The molecular weight excluding hydrogens is 314 g/mol. The van der Waals surface area contributed by atoms with Crippen molar-refractivity contribution in [1.82, 2.24) is 0 Å². The van der Waals surface area contributed by atoms with Gasteiger partial charge in [0, 0.05) is 17.4 Å². The van der Waals surface area contributed by atoms with Gasteiger partial charge in [0.25, 0.3) is 0 Å². The molecule has 0 bridgehead atoms. The van der Waals surface area contributed by atoms with Crippen LogP contribution in [0.1, 0.15) is 19.4 Å². The van der Waals surface area contributed by atoms with E-state index in [0.717, 1.165) is 17.7 Å². The van der Waals surface area contributed by atoms with Gasteiger partial charge in [0.1, 0.15) is 5.41 Å². The Kier molecular flexibility index (Phi) is 4.97. The van der Waals surface area contributed by atoms with E-state index >= 15 is 0 Å². The number of carbonyl (C=O) groups excluding carboxylic acids is 2. The second kappa shape index (κ2) is 6.78. The van der Waals surface area contributed by atoms with E-state index in [9.17, 15) is 18.4 Å². The van der Waals surface area contributed by atoms with E-state index in [1.54, 1.807) is 12.1 Å². The minimum absolute atomic E-state index is 0.0788. The summed E-state index contributed by atoms with van der Waals surface area (Å²) in [6, 6.07) is 10.1. The Morgan fingerprint density at radius 1 is 0.833 bits per heavy atom. The van der Waals surface area contributed by atoms with E-state index in [0.29, 0.717) is 5.69 Å². The Labute approximate surface area is 138 Å². The van der Waals surface area contributed by atoms with E-state index in [4.69, 9.17) is 0 Å². The van der Waals surface area contributed by atoms with Crippen LogP contribution >= 0.6 is 0 Å². The number of benzene rings is 2. The highest BCUT2D eigenvalue weighted by Gasteiger charge is 2.36. The maximum absolute atomic E-state index is 13.2. The Bertz CT molecular complexity index is 771. The average Bonchev–Trinajstić information content (AvgIpc) is 2.53. The molecule has 2 amide bonds. The van der Waals surface area contributed by atoms with Crippen molar-refractivity contribution in [3.63, 3.8) is 0 Å². The number of halogens is 2. The summed E-state index contributed by atoms with van der Waals surface area (Å²) < 4.78 is 26.1. The van der Waals surface area contributed by atoms with Gasteiger partial charge >= 0.3 is 0 Å². The second-order valence-electron chi connectivity index (χ2n) is 6.03. The van der Waals surface area contributed by atoms with Crippen LogP contribution in [0.4, 0.5) is 20.2 Å². The molecule has 0 atom stereocenters. The largest absolute Gasteiger partial charge is 0.325 e. The van der Waals surface area contributed by atoms with Crippen LogP contribution in [0.2, 0.25) is 0 Å². The predicted molar refractivity (Wildman–Crippen MR) is 88.6 cm³/mol. The number of hydrogen-bond acceptors (Lipinski definition) is 2. The molecule has 2 N–H and O–H groups in total. The van der Waals surface area contributed by atoms with Crippen LogP contribution in [-0.2, 0) is 9.59 Å². The van der Waals surface area contributed by atoms with Gasteiger partial charge in [-0.25, -0.2) is 8.78 Å². The van der Waals surface area contributed by atoms with Gasteiger partial charge in [-0.3, -0.25) is 9.59 Å². The van der Waals surface area contributed by atoms with Crippen molar-refractivity contribution in [3.05, 3.63) is 59.7 Å². The van der Waals surface area contributed by atoms with Crippen LogP contribution in [0.3, 0.4) is 0 Å². The van der Waals surface area contributed by atoms with E-state index in [2.05, 4.69) is 10.6 Å². The van der Waals surface area contributed by atoms with Gasteiger partial charge in [0.05, 0.1) is 0 Å². The van der Waals surface area contributed by atoms with Crippen molar-refractivity contribution < 1.29 is 18.4 Å². The molecule has 2 aromatic rings. The lowest BCUT2D eigenvalue weighted by Crippen LogP contribution is -2.41. The SMILES string of the molecule is Cc1ccc(NC(=O)C(C)(C)C(=O)Nc2ccc(F)c(F)c2)cc1. The number of aryl methyl sites for hydroxylation is 1. The lowest BCUT2D eigenvalue weighted by molar-refractivity contribution is -0.135. The second-order valence-corrected chi connectivity index (χ2v) is 6.03. The fraction of sp³-hybridized carbons (Fsp3) is 0.222. The quantitative estimate of drug-likeness (QED) is 0.835. The number of anilines is 2. The van der Waals surface area contributed by atoms with Gasteiger partial charge < -0.3 is 10.6 Å². The van der Waals surface area contributed by atoms with E-state index in [1.165, 1.54) is 19.9 Å². The van der Waals surface area contributed by atoms with Crippen LogP contribution < -0.4 is 10.6 Å². The summed E-state index contributed by atoms with van der Waals surface area (Å²) in [5.41, 5.74) is 0.285. The molecular formula is C18H18F2N2O2. The first kappa shape index (κ1) is 17.6. The zero-order valence-electron chi connectivity index (χ0n) is 13.6. The van der Waals surface area contributed by atoms with Gasteiger partial charge in [-0.15, -0.1) is 0 Å².